The third kappa shape index (κ3) is 4.45. The molecular weight excluding hydrogens is 188 g/mol. The van der Waals surface area contributed by atoms with Crippen LogP contribution in [0.3, 0.4) is 0 Å². The van der Waals surface area contributed by atoms with Crippen LogP contribution in [0.1, 0.15) is 24.5 Å². The van der Waals surface area contributed by atoms with Gasteiger partial charge in [0.2, 0.25) is 0 Å². The van der Waals surface area contributed by atoms with Gasteiger partial charge >= 0.3 is 5.97 Å². The monoisotopic (exact) mass is 204 g/mol. The van der Waals surface area contributed by atoms with Crippen LogP contribution in [0.5, 0.6) is 0 Å². The summed E-state index contributed by atoms with van der Waals surface area (Å²) in [5.41, 5.74) is 2.22. The van der Waals surface area contributed by atoms with Crippen molar-refractivity contribution in [3.05, 3.63) is 41.5 Å². The van der Waals surface area contributed by atoms with E-state index >= 15 is 0 Å². The molecule has 1 aromatic carbocycles. The van der Waals surface area contributed by atoms with E-state index in [-0.39, 0.29) is 5.97 Å². The van der Waals surface area contributed by atoms with E-state index in [9.17, 15) is 4.79 Å². The molecule has 0 atom stereocenters. The molecule has 0 fully saturated rings. The minimum Gasteiger partial charge on any atom is -0.463 e. The van der Waals surface area contributed by atoms with Crippen LogP contribution >= 0.6 is 0 Å². The van der Waals surface area contributed by atoms with E-state index in [1.807, 2.05) is 38.1 Å². The molecule has 0 saturated heterocycles. The molecule has 0 aliphatic heterocycles. The van der Waals surface area contributed by atoms with E-state index in [2.05, 4.69) is 0 Å². The Morgan fingerprint density at radius 2 is 2.00 bits per heavy atom. The molecule has 0 aliphatic carbocycles. The number of esters is 1. The van der Waals surface area contributed by atoms with Crippen LogP contribution in [0.4, 0.5) is 0 Å². The largest absolute Gasteiger partial charge is 0.463 e. The molecule has 0 aromatic heterocycles. The second kappa shape index (κ2) is 6.02. The van der Waals surface area contributed by atoms with Crippen molar-refractivity contribution in [2.75, 3.05) is 6.61 Å². The van der Waals surface area contributed by atoms with Gasteiger partial charge in [0.1, 0.15) is 0 Å². The zero-order chi connectivity index (χ0) is 11.1. The molecule has 80 valence electrons. The predicted octanol–water partition coefficient (Wildman–Crippen LogP) is 2.96. The Labute approximate surface area is 90.6 Å². The van der Waals surface area contributed by atoms with E-state index in [1.54, 1.807) is 6.08 Å². The highest BCUT2D eigenvalue weighted by Crippen LogP contribution is 2.04. The van der Waals surface area contributed by atoms with Crippen LogP contribution < -0.4 is 0 Å². The van der Waals surface area contributed by atoms with Gasteiger partial charge < -0.3 is 4.74 Å². The number of rotatable bonds is 4. The van der Waals surface area contributed by atoms with Gasteiger partial charge in [0, 0.05) is 6.08 Å². The van der Waals surface area contributed by atoms with Crippen LogP contribution in [0.15, 0.2) is 30.3 Å². The molecule has 1 rings (SSSR count). The van der Waals surface area contributed by atoms with E-state index in [0.29, 0.717) is 6.61 Å². The van der Waals surface area contributed by atoms with Gasteiger partial charge in [0.15, 0.2) is 0 Å². The number of benzene rings is 1. The molecule has 2 heteroatoms. The van der Waals surface area contributed by atoms with Crippen LogP contribution in [0.2, 0.25) is 0 Å². The Kier molecular flexibility index (Phi) is 4.61. The first-order valence-electron chi connectivity index (χ1n) is 5.14. The van der Waals surface area contributed by atoms with E-state index in [4.69, 9.17) is 4.74 Å². The molecule has 15 heavy (non-hydrogen) atoms. The minimum atomic E-state index is -0.280. The van der Waals surface area contributed by atoms with Crippen molar-refractivity contribution in [1.82, 2.24) is 0 Å². The summed E-state index contributed by atoms with van der Waals surface area (Å²) in [4.78, 5) is 11.1. The summed E-state index contributed by atoms with van der Waals surface area (Å²) in [5, 5.41) is 0. The zero-order valence-corrected chi connectivity index (χ0v) is 9.19. The van der Waals surface area contributed by atoms with E-state index < -0.39 is 0 Å². The Morgan fingerprint density at radius 1 is 1.33 bits per heavy atom. The maximum absolute atomic E-state index is 11.1. The lowest BCUT2D eigenvalue weighted by molar-refractivity contribution is -0.137. The van der Waals surface area contributed by atoms with Crippen molar-refractivity contribution in [3.63, 3.8) is 0 Å². The van der Waals surface area contributed by atoms with Gasteiger partial charge in [-0.1, -0.05) is 36.8 Å². The third-order valence-corrected chi connectivity index (χ3v) is 1.94. The molecule has 0 bridgehead atoms. The highest BCUT2D eigenvalue weighted by atomic mass is 16.5. The number of carbonyl (C=O) groups is 1. The first kappa shape index (κ1) is 11.5. The van der Waals surface area contributed by atoms with Gasteiger partial charge in [-0.25, -0.2) is 4.79 Å². The quantitative estimate of drug-likeness (QED) is 0.556. The Bertz CT molecular complexity index is 336. The highest BCUT2D eigenvalue weighted by molar-refractivity contribution is 5.87. The summed E-state index contributed by atoms with van der Waals surface area (Å²) >= 11 is 0. The second-order valence-electron chi connectivity index (χ2n) is 3.41. The average Bonchev–Trinajstić information content (AvgIpc) is 2.25. The SMILES string of the molecule is CCCOC(=O)/C=C/c1ccc(C)cc1. The normalized spacial score (nSPS) is 10.5. The minimum absolute atomic E-state index is 0.280. The fourth-order valence-electron chi connectivity index (χ4n) is 1.09. The van der Waals surface area contributed by atoms with E-state index in [0.717, 1.165) is 12.0 Å². The lowest BCUT2D eigenvalue weighted by atomic mass is 10.1. The summed E-state index contributed by atoms with van der Waals surface area (Å²) < 4.78 is 4.91. The molecule has 2 nitrogen and oxygen atoms in total. The lowest BCUT2D eigenvalue weighted by Gasteiger charge is -1.97. The molecule has 0 aliphatic rings. The number of ether oxygens (including phenoxy) is 1. The smallest absolute Gasteiger partial charge is 0.330 e. The van der Waals surface area contributed by atoms with Gasteiger partial charge in [-0.15, -0.1) is 0 Å². The van der Waals surface area contributed by atoms with Crippen molar-refractivity contribution in [2.45, 2.75) is 20.3 Å². The van der Waals surface area contributed by atoms with Crippen LogP contribution in [-0.2, 0) is 9.53 Å². The number of hydrogen-bond donors (Lipinski definition) is 0. The van der Waals surface area contributed by atoms with Crippen molar-refractivity contribution in [3.8, 4) is 0 Å². The first-order chi connectivity index (χ1) is 7.22. The lowest BCUT2D eigenvalue weighted by Crippen LogP contribution is -2.00. The first-order valence-corrected chi connectivity index (χ1v) is 5.14. The summed E-state index contributed by atoms with van der Waals surface area (Å²) in [5.74, 6) is -0.280. The molecule has 0 radical (unpaired) electrons. The molecule has 0 heterocycles. The van der Waals surface area contributed by atoms with Crippen LogP contribution in [-0.4, -0.2) is 12.6 Å². The van der Waals surface area contributed by atoms with Gasteiger partial charge in [-0.3, -0.25) is 0 Å². The summed E-state index contributed by atoms with van der Waals surface area (Å²) in [6.45, 7) is 4.48. The molecule has 1 aromatic rings. The van der Waals surface area contributed by atoms with Crippen molar-refractivity contribution in [2.24, 2.45) is 0 Å². The highest BCUT2D eigenvalue weighted by Gasteiger charge is 1.94. The van der Waals surface area contributed by atoms with Gasteiger partial charge in [-0.2, -0.15) is 0 Å². The predicted molar refractivity (Wildman–Crippen MR) is 61.5 cm³/mol. The molecule has 0 N–H and O–H groups in total. The van der Waals surface area contributed by atoms with Crippen molar-refractivity contribution >= 4 is 12.0 Å². The number of hydrogen-bond acceptors (Lipinski definition) is 2. The van der Waals surface area contributed by atoms with E-state index in [1.165, 1.54) is 11.6 Å². The number of aryl methyl sites for hydroxylation is 1. The topological polar surface area (TPSA) is 26.3 Å². The standard InChI is InChI=1S/C13H16O2/c1-3-10-15-13(14)9-8-12-6-4-11(2)5-7-12/h4-9H,3,10H2,1-2H3/b9-8+. The summed E-state index contributed by atoms with van der Waals surface area (Å²) in [6, 6.07) is 7.96. The van der Waals surface area contributed by atoms with Crippen molar-refractivity contribution < 1.29 is 9.53 Å². The van der Waals surface area contributed by atoms with Gasteiger partial charge in [0.05, 0.1) is 6.61 Å². The van der Waals surface area contributed by atoms with Crippen LogP contribution in [0, 0.1) is 6.92 Å². The van der Waals surface area contributed by atoms with Gasteiger partial charge in [0.25, 0.3) is 0 Å². The summed E-state index contributed by atoms with van der Waals surface area (Å²) in [6.07, 6.45) is 4.07. The third-order valence-electron chi connectivity index (χ3n) is 1.94. The molecule has 0 saturated carbocycles. The van der Waals surface area contributed by atoms with Gasteiger partial charge in [-0.05, 0) is 25.0 Å². The maximum atomic E-state index is 11.1. The van der Waals surface area contributed by atoms with Crippen molar-refractivity contribution in [1.29, 1.82) is 0 Å². The summed E-state index contributed by atoms with van der Waals surface area (Å²) in [7, 11) is 0. The molecule has 0 amide bonds. The molecule has 0 spiro atoms. The fourth-order valence-corrected chi connectivity index (χ4v) is 1.09. The second-order valence-corrected chi connectivity index (χ2v) is 3.41. The zero-order valence-electron chi connectivity index (χ0n) is 9.19. The fraction of sp³-hybridized carbons (Fsp3) is 0.308. The Balaban J connectivity index is 2.50. The average molecular weight is 204 g/mol. The number of carbonyl (C=O) groups excluding carboxylic acids is 1. The maximum Gasteiger partial charge on any atom is 0.330 e. The molecular formula is C13H16O2. The molecule has 0 unspecified atom stereocenters. The Hall–Kier alpha value is -1.57. The van der Waals surface area contributed by atoms with Crippen LogP contribution in [0.25, 0.3) is 6.08 Å². The Morgan fingerprint density at radius 3 is 2.60 bits per heavy atom.